The number of hydrogen-bond acceptors (Lipinski definition) is 3. The summed E-state index contributed by atoms with van der Waals surface area (Å²) in [6.45, 7) is 4.32. The molecule has 1 aromatic heterocycles. The molecule has 1 N–H and O–H groups in total. The van der Waals surface area contributed by atoms with Crippen LogP contribution >= 0.6 is 12.4 Å². The van der Waals surface area contributed by atoms with Gasteiger partial charge in [0.15, 0.2) is 0 Å². The highest BCUT2D eigenvalue weighted by atomic mass is 35.5. The Balaban J connectivity index is 0.00000176. The van der Waals surface area contributed by atoms with E-state index in [9.17, 15) is 4.79 Å². The molecular formula is C17H20ClN3O. The van der Waals surface area contributed by atoms with Crippen molar-refractivity contribution >= 4 is 18.3 Å². The summed E-state index contributed by atoms with van der Waals surface area (Å²) in [6, 6.07) is 11.8. The standard InChI is InChI=1S/C17H19N3O.ClH/c1-13-4-2-5-14(10-13)17(21)20-9-8-19-12-16(20)15-6-3-7-18-11-15;/h2-7,10-11,16,19H,8-9,12H2,1H3;1H. The first-order chi connectivity index (χ1) is 10.3. The summed E-state index contributed by atoms with van der Waals surface area (Å²) in [4.78, 5) is 18.9. The summed E-state index contributed by atoms with van der Waals surface area (Å²) < 4.78 is 0. The number of aryl methyl sites for hydroxylation is 1. The molecule has 2 aromatic rings. The Labute approximate surface area is 137 Å². The Morgan fingerprint density at radius 2 is 2.18 bits per heavy atom. The summed E-state index contributed by atoms with van der Waals surface area (Å²) in [5.41, 5.74) is 2.94. The summed E-state index contributed by atoms with van der Waals surface area (Å²) in [6.07, 6.45) is 3.60. The fourth-order valence-electron chi connectivity index (χ4n) is 2.76. The molecule has 5 heteroatoms. The maximum absolute atomic E-state index is 12.8. The number of carbonyl (C=O) groups excluding carboxylic acids is 1. The summed E-state index contributed by atoms with van der Waals surface area (Å²) in [5, 5.41) is 3.36. The van der Waals surface area contributed by atoms with Crippen LogP contribution in [0.2, 0.25) is 0 Å². The van der Waals surface area contributed by atoms with Gasteiger partial charge in [0, 0.05) is 37.6 Å². The van der Waals surface area contributed by atoms with Gasteiger partial charge in [0.2, 0.25) is 0 Å². The zero-order valence-corrected chi connectivity index (χ0v) is 13.3. The fourth-order valence-corrected chi connectivity index (χ4v) is 2.76. The molecule has 116 valence electrons. The van der Waals surface area contributed by atoms with Crippen LogP contribution in [-0.4, -0.2) is 35.4 Å². The predicted molar refractivity (Wildman–Crippen MR) is 89.3 cm³/mol. The lowest BCUT2D eigenvalue weighted by atomic mass is 10.0. The molecule has 22 heavy (non-hydrogen) atoms. The first-order valence-electron chi connectivity index (χ1n) is 7.24. The van der Waals surface area contributed by atoms with E-state index in [2.05, 4.69) is 10.3 Å². The first kappa shape index (κ1) is 16.5. The highest BCUT2D eigenvalue weighted by Gasteiger charge is 2.28. The van der Waals surface area contributed by atoms with E-state index in [-0.39, 0.29) is 24.4 Å². The van der Waals surface area contributed by atoms with Gasteiger partial charge in [-0.2, -0.15) is 0 Å². The lowest BCUT2D eigenvalue weighted by molar-refractivity contribution is 0.0634. The smallest absolute Gasteiger partial charge is 0.254 e. The summed E-state index contributed by atoms with van der Waals surface area (Å²) in [7, 11) is 0. The van der Waals surface area contributed by atoms with Crippen LogP contribution in [0.15, 0.2) is 48.8 Å². The van der Waals surface area contributed by atoms with Crippen LogP contribution in [0.4, 0.5) is 0 Å². The van der Waals surface area contributed by atoms with E-state index in [4.69, 9.17) is 0 Å². The van der Waals surface area contributed by atoms with Gasteiger partial charge in [-0.3, -0.25) is 9.78 Å². The number of carbonyl (C=O) groups is 1. The van der Waals surface area contributed by atoms with Crippen molar-refractivity contribution in [1.82, 2.24) is 15.2 Å². The van der Waals surface area contributed by atoms with Crippen molar-refractivity contribution in [3.63, 3.8) is 0 Å². The van der Waals surface area contributed by atoms with E-state index in [0.29, 0.717) is 6.54 Å². The van der Waals surface area contributed by atoms with Gasteiger partial charge in [-0.15, -0.1) is 12.4 Å². The van der Waals surface area contributed by atoms with Crippen LogP contribution < -0.4 is 5.32 Å². The summed E-state index contributed by atoms with van der Waals surface area (Å²) in [5.74, 6) is 0.0917. The van der Waals surface area contributed by atoms with Crippen molar-refractivity contribution < 1.29 is 4.79 Å². The number of hydrogen-bond donors (Lipinski definition) is 1. The maximum Gasteiger partial charge on any atom is 0.254 e. The topological polar surface area (TPSA) is 45.2 Å². The van der Waals surface area contributed by atoms with Crippen molar-refractivity contribution in [2.75, 3.05) is 19.6 Å². The Kier molecular flexibility index (Phi) is 5.52. The van der Waals surface area contributed by atoms with Crippen molar-refractivity contribution in [2.45, 2.75) is 13.0 Å². The molecule has 0 bridgehead atoms. The molecule has 3 rings (SSSR count). The van der Waals surface area contributed by atoms with E-state index in [1.807, 2.05) is 54.4 Å². The molecule has 1 aromatic carbocycles. The van der Waals surface area contributed by atoms with Crippen LogP contribution in [0.25, 0.3) is 0 Å². The molecule has 1 aliphatic rings. The molecule has 0 spiro atoms. The van der Waals surface area contributed by atoms with Gasteiger partial charge < -0.3 is 10.2 Å². The number of nitrogens with one attached hydrogen (secondary N) is 1. The second kappa shape index (κ2) is 7.38. The van der Waals surface area contributed by atoms with Crippen molar-refractivity contribution in [1.29, 1.82) is 0 Å². The third-order valence-electron chi connectivity index (χ3n) is 3.84. The molecule has 2 heterocycles. The SMILES string of the molecule is Cc1cccc(C(=O)N2CCNCC2c2cccnc2)c1.Cl. The molecule has 1 atom stereocenters. The molecule has 1 saturated heterocycles. The predicted octanol–water partition coefficient (Wildman–Crippen LogP) is 2.60. The molecule has 0 aliphatic carbocycles. The normalized spacial score (nSPS) is 17.7. The number of benzene rings is 1. The molecule has 0 saturated carbocycles. The monoisotopic (exact) mass is 317 g/mol. The number of rotatable bonds is 2. The number of piperazine rings is 1. The van der Waals surface area contributed by atoms with Crippen molar-refractivity contribution in [3.05, 3.63) is 65.5 Å². The minimum atomic E-state index is 0. The highest BCUT2D eigenvalue weighted by Crippen LogP contribution is 2.23. The molecule has 1 aliphatic heterocycles. The molecule has 4 nitrogen and oxygen atoms in total. The van der Waals surface area contributed by atoms with Gasteiger partial charge in [0.25, 0.3) is 5.91 Å². The number of amides is 1. The largest absolute Gasteiger partial charge is 0.329 e. The zero-order chi connectivity index (χ0) is 14.7. The zero-order valence-electron chi connectivity index (χ0n) is 12.5. The van der Waals surface area contributed by atoms with E-state index < -0.39 is 0 Å². The van der Waals surface area contributed by atoms with Gasteiger partial charge in [-0.05, 0) is 30.7 Å². The molecule has 1 unspecified atom stereocenters. The van der Waals surface area contributed by atoms with E-state index in [1.165, 1.54) is 0 Å². The van der Waals surface area contributed by atoms with Gasteiger partial charge >= 0.3 is 0 Å². The van der Waals surface area contributed by atoms with Crippen LogP contribution in [-0.2, 0) is 0 Å². The minimum absolute atomic E-state index is 0. The van der Waals surface area contributed by atoms with Crippen LogP contribution in [0, 0.1) is 6.92 Å². The maximum atomic E-state index is 12.8. The van der Waals surface area contributed by atoms with E-state index in [1.54, 1.807) is 6.20 Å². The third kappa shape index (κ3) is 3.46. The van der Waals surface area contributed by atoms with Gasteiger partial charge in [0.1, 0.15) is 0 Å². The molecule has 0 radical (unpaired) electrons. The first-order valence-corrected chi connectivity index (χ1v) is 7.24. The average molecular weight is 318 g/mol. The Hall–Kier alpha value is -1.91. The lowest BCUT2D eigenvalue weighted by Gasteiger charge is -2.36. The van der Waals surface area contributed by atoms with Crippen LogP contribution in [0.1, 0.15) is 27.5 Å². The quantitative estimate of drug-likeness (QED) is 0.926. The van der Waals surface area contributed by atoms with E-state index >= 15 is 0 Å². The number of aromatic nitrogens is 1. The fraction of sp³-hybridized carbons (Fsp3) is 0.294. The molecule has 1 amide bonds. The third-order valence-corrected chi connectivity index (χ3v) is 3.84. The lowest BCUT2D eigenvalue weighted by Crippen LogP contribution is -2.48. The number of pyridine rings is 1. The summed E-state index contributed by atoms with van der Waals surface area (Å²) >= 11 is 0. The minimum Gasteiger partial charge on any atom is -0.329 e. The Bertz CT molecular complexity index is 633. The number of halogens is 1. The van der Waals surface area contributed by atoms with Crippen molar-refractivity contribution in [2.24, 2.45) is 0 Å². The molecule has 1 fully saturated rings. The second-order valence-electron chi connectivity index (χ2n) is 5.37. The van der Waals surface area contributed by atoms with Crippen LogP contribution in [0.3, 0.4) is 0 Å². The Morgan fingerprint density at radius 3 is 2.91 bits per heavy atom. The van der Waals surface area contributed by atoms with Crippen LogP contribution in [0.5, 0.6) is 0 Å². The molecular weight excluding hydrogens is 298 g/mol. The second-order valence-corrected chi connectivity index (χ2v) is 5.37. The average Bonchev–Trinajstić information content (AvgIpc) is 2.55. The number of nitrogens with zero attached hydrogens (tertiary/aromatic N) is 2. The Morgan fingerprint density at radius 1 is 1.32 bits per heavy atom. The van der Waals surface area contributed by atoms with Gasteiger partial charge in [-0.1, -0.05) is 23.8 Å². The van der Waals surface area contributed by atoms with E-state index in [0.717, 1.165) is 29.8 Å². The highest BCUT2D eigenvalue weighted by molar-refractivity contribution is 5.94. The van der Waals surface area contributed by atoms with Gasteiger partial charge in [0.05, 0.1) is 6.04 Å². The van der Waals surface area contributed by atoms with Crippen molar-refractivity contribution in [3.8, 4) is 0 Å². The van der Waals surface area contributed by atoms with Gasteiger partial charge in [-0.25, -0.2) is 0 Å².